The van der Waals surface area contributed by atoms with Crippen LogP contribution in [0.2, 0.25) is 0 Å². The first-order valence-corrected chi connectivity index (χ1v) is 5.50. The van der Waals surface area contributed by atoms with Gasteiger partial charge in [-0.3, -0.25) is 8.77 Å². The summed E-state index contributed by atoms with van der Waals surface area (Å²) in [6.45, 7) is 0. The molecule has 0 spiro atoms. The highest BCUT2D eigenvalue weighted by molar-refractivity contribution is 7.92. The van der Waals surface area contributed by atoms with E-state index in [1.807, 2.05) is 6.07 Å². The van der Waals surface area contributed by atoms with Gasteiger partial charge in [0.15, 0.2) is 12.3 Å². The average molecular weight is 224 g/mol. The molecule has 0 aliphatic heterocycles. The topological polar surface area (TPSA) is 37.8 Å². The summed E-state index contributed by atoms with van der Waals surface area (Å²) >= 11 is 0.0566. The van der Waals surface area contributed by atoms with Gasteiger partial charge in [-0.05, 0) is 30.4 Å². The zero-order valence-electron chi connectivity index (χ0n) is 7.87. The molecule has 0 unspecified atom stereocenters. The number of aromatic amines is 1. The molecular formula is C10H9FN2OS. The standard InChI is InChI=1S/C10H9FN2OS/c11-15-13-4-3-7-8(6-1-2-6)5-12-10(14)9(7)13/h3-6H,1-2H2,(H,12,14). The summed E-state index contributed by atoms with van der Waals surface area (Å²) in [5.74, 6) is 0.546. The Hall–Kier alpha value is -1.23. The van der Waals surface area contributed by atoms with Gasteiger partial charge < -0.3 is 4.98 Å². The van der Waals surface area contributed by atoms with Crippen LogP contribution in [0.4, 0.5) is 3.89 Å². The quantitative estimate of drug-likeness (QED) is 0.851. The van der Waals surface area contributed by atoms with Crippen LogP contribution in [-0.2, 0) is 0 Å². The molecule has 3 nitrogen and oxygen atoms in total. The fraction of sp³-hybridized carbons (Fsp3) is 0.300. The average Bonchev–Trinajstić information content (AvgIpc) is 2.97. The summed E-state index contributed by atoms with van der Waals surface area (Å²) in [5.41, 5.74) is 1.33. The summed E-state index contributed by atoms with van der Waals surface area (Å²) in [6.07, 6.45) is 5.68. The molecule has 0 amide bonds. The van der Waals surface area contributed by atoms with Crippen molar-refractivity contribution in [1.82, 2.24) is 8.96 Å². The van der Waals surface area contributed by atoms with Crippen molar-refractivity contribution in [3.8, 4) is 0 Å². The van der Waals surface area contributed by atoms with Crippen molar-refractivity contribution in [2.24, 2.45) is 0 Å². The van der Waals surface area contributed by atoms with Crippen LogP contribution in [0.1, 0.15) is 24.3 Å². The van der Waals surface area contributed by atoms with E-state index in [4.69, 9.17) is 0 Å². The maximum atomic E-state index is 12.5. The molecule has 0 aromatic carbocycles. The number of halogens is 1. The third-order valence-electron chi connectivity index (χ3n) is 2.83. The number of fused-ring (bicyclic) bond motifs is 1. The first-order valence-electron chi connectivity index (χ1n) is 4.83. The minimum Gasteiger partial charge on any atom is -0.327 e. The third-order valence-corrected chi connectivity index (χ3v) is 3.28. The Morgan fingerprint density at radius 2 is 2.33 bits per heavy atom. The molecule has 15 heavy (non-hydrogen) atoms. The minimum atomic E-state index is -0.232. The van der Waals surface area contributed by atoms with Crippen molar-refractivity contribution in [2.75, 3.05) is 0 Å². The molecule has 2 aromatic heterocycles. The Morgan fingerprint density at radius 3 is 3.00 bits per heavy atom. The van der Waals surface area contributed by atoms with E-state index in [0.29, 0.717) is 11.4 Å². The van der Waals surface area contributed by atoms with Crippen molar-refractivity contribution < 1.29 is 3.89 Å². The highest BCUT2D eigenvalue weighted by atomic mass is 32.2. The summed E-state index contributed by atoms with van der Waals surface area (Å²) < 4.78 is 13.8. The van der Waals surface area contributed by atoms with Crippen molar-refractivity contribution in [3.05, 3.63) is 34.4 Å². The molecule has 0 bridgehead atoms. The Kier molecular flexibility index (Phi) is 1.88. The lowest BCUT2D eigenvalue weighted by molar-refractivity contribution is 0.920. The predicted octanol–water partition coefficient (Wildman–Crippen LogP) is 2.59. The van der Waals surface area contributed by atoms with Crippen LogP contribution >= 0.6 is 12.3 Å². The van der Waals surface area contributed by atoms with Crippen LogP contribution in [0.5, 0.6) is 0 Å². The van der Waals surface area contributed by atoms with Gasteiger partial charge in [-0.15, -0.1) is 3.89 Å². The lowest BCUT2D eigenvalue weighted by atomic mass is 10.1. The number of nitrogens with one attached hydrogen (secondary N) is 1. The van der Waals surface area contributed by atoms with Crippen molar-refractivity contribution in [1.29, 1.82) is 0 Å². The second-order valence-electron chi connectivity index (χ2n) is 3.82. The number of hydrogen-bond donors (Lipinski definition) is 1. The molecule has 5 heteroatoms. The molecule has 0 atom stereocenters. The highest BCUT2D eigenvalue weighted by Gasteiger charge is 2.26. The molecule has 2 aromatic rings. The zero-order valence-corrected chi connectivity index (χ0v) is 8.68. The van der Waals surface area contributed by atoms with Crippen molar-refractivity contribution >= 4 is 23.2 Å². The van der Waals surface area contributed by atoms with Gasteiger partial charge in [0.2, 0.25) is 0 Å². The number of aromatic nitrogens is 2. The summed E-state index contributed by atoms with van der Waals surface area (Å²) in [7, 11) is 0. The molecule has 1 saturated carbocycles. The second-order valence-corrected chi connectivity index (χ2v) is 4.35. The van der Waals surface area contributed by atoms with Crippen LogP contribution in [0.25, 0.3) is 10.9 Å². The molecule has 1 N–H and O–H groups in total. The molecule has 0 radical (unpaired) electrons. The van der Waals surface area contributed by atoms with E-state index in [9.17, 15) is 8.68 Å². The smallest absolute Gasteiger partial charge is 0.273 e. The van der Waals surface area contributed by atoms with Gasteiger partial charge in [0.05, 0.1) is 0 Å². The fourth-order valence-electron chi connectivity index (χ4n) is 1.95. The van der Waals surface area contributed by atoms with Gasteiger partial charge in [0.25, 0.3) is 5.56 Å². The van der Waals surface area contributed by atoms with Crippen molar-refractivity contribution in [3.63, 3.8) is 0 Å². The maximum absolute atomic E-state index is 12.5. The van der Waals surface area contributed by atoms with E-state index in [2.05, 4.69) is 4.98 Å². The molecule has 1 aliphatic carbocycles. The van der Waals surface area contributed by atoms with Gasteiger partial charge in [-0.2, -0.15) is 0 Å². The lowest BCUT2D eigenvalue weighted by Crippen LogP contribution is -2.08. The lowest BCUT2D eigenvalue weighted by Gasteiger charge is -2.00. The number of hydrogen-bond acceptors (Lipinski definition) is 2. The Labute approximate surface area is 89.7 Å². The largest absolute Gasteiger partial charge is 0.327 e. The van der Waals surface area contributed by atoms with E-state index in [1.165, 1.54) is 3.97 Å². The zero-order chi connectivity index (χ0) is 10.4. The predicted molar refractivity (Wildman–Crippen MR) is 58.6 cm³/mol. The van der Waals surface area contributed by atoms with Crippen LogP contribution in [0, 0.1) is 0 Å². The van der Waals surface area contributed by atoms with Crippen molar-refractivity contribution in [2.45, 2.75) is 18.8 Å². The SMILES string of the molecule is O=c1[nH]cc(C2CC2)c2ccn(SF)c12. The summed E-state index contributed by atoms with van der Waals surface area (Å²) in [6, 6.07) is 1.81. The Morgan fingerprint density at radius 1 is 1.53 bits per heavy atom. The van der Waals surface area contributed by atoms with E-state index >= 15 is 0 Å². The van der Waals surface area contributed by atoms with Gasteiger partial charge in [-0.25, -0.2) is 0 Å². The third kappa shape index (κ3) is 1.30. The Balaban J connectivity index is 2.36. The van der Waals surface area contributed by atoms with Gasteiger partial charge in [-0.1, -0.05) is 0 Å². The van der Waals surface area contributed by atoms with E-state index < -0.39 is 0 Å². The number of H-pyrrole nitrogens is 1. The molecule has 0 saturated heterocycles. The fourth-order valence-corrected chi connectivity index (χ4v) is 2.31. The summed E-state index contributed by atoms with van der Waals surface area (Å²) in [4.78, 5) is 14.2. The number of rotatable bonds is 2. The van der Waals surface area contributed by atoms with Gasteiger partial charge >= 0.3 is 0 Å². The molecule has 78 valence electrons. The number of nitrogens with zero attached hydrogens (tertiary/aromatic N) is 1. The van der Waals surface area contributed by atoms with Crippen LogP contribution in [-0.4, -0.2) is 8.96 Å². The molecule has 2 heterocycles. The van der Waals surface area contributed by atoms with Gasteiger partial charge in [0, 0.05) is 17.8 Å². The van der Waals surface area contributed by atoms with Crippen LogP contribution in [0.15, 0.2) is 23.3 Å². The van der Waals surface area contributed by atoms with E-state index in [0.717, 1.165) is 23.8 Å². The highest BCUT2D eigenvalue weighted by Crippen LogP contribution is 2.42. The molecule has 1 aliphatic rings. The molecule has 3 rings (SSSR count). The normalized spacial score (nSPS) is 16.1. The monoisotopic (exact) mass is 224 g/mol. The van der Waals surface area contributed by atoms with E-state index in [1.54, 1.807) is 12.4 Å². The number of pyridine rings is 1. The first kappa shape index (κ1) is 9.03. The Bertz CT molecular complexity index is 570. The second kappa shape index (κ2) is 3.13. The molecular weight excluding hydrogens is 215 g/mol. The van der Waals surface area contributed by atoms with Gasteiger partial charge in [0.1, 0.15) is 5.52 Å². The summed E-state index contributed by atoms with van der Waals surface area (Å²) in [5, 5.41) is 0.881. The van der Waals surface area contributed by atoms with Crippen LogP contribution < -0.4 is 5.56 Å². The maximum Gasteiger partial charge on any atom is 0.273 e. The first-order chi connectivity index (χ1) is 7.31. The van der Waals surface area contributed by atoms with Crippen LogP contribution in [0.3, 0.4) is 0 Å². The molecule has 1 fully saturated rings. The minimum absolute atomic E-state index is 0.0566. The van der Waals surface area contributed by atoms with E-state index in [-0.39, 0.29) is 17.9 Å².